The van der Waals surface area contributed by atoms with E-state index in [1.54, 1.807) is 12.1 Å². The van der Waals surface area contributed by atoms with Crippen LogP contribution in [0, 0.1) is 0 Å². The summed E-state index contributed by atoms with van der Waals surface area (Å²) in [6.45, 7) is 0.362. The van der Waals surface area contributed by atoms with Gasteiger partial charge in [0.15, 0.2) is 0 Å². The Hall–Kier alpha value is -2.17. The van der Waals surface area contributed by atoms with E-state index in [1.165, 1.54) is 4.90 Å². The number of nitrogens with zero attached hydrogens (tertiary/aromatic N) is 1. The molecule has 1 amide bonds. The minimum absolute atomic E-state index is 0.162. The lowest BCUT2D eigenvalue weighted by Crippen LogP contribution is -2.29. The van der Waals surface area contributed by atoms with Gasteiger partial charge in [-0.1, -0.05) is 42.5 Å². The number of aliphatic hydroxyl groups excluding tert-OH is 2. The van der Waals surface area contributed by atoms with Crippen LogP contribution in [0.5, 0.6) is 0 Å². The highest BCUT2D eigenvalue weighted by molar-refractivity contribution is 5.95. The standard InChI is InChI=1S/C17H17NO3/c19-15-10-18(11-16(15)20)17(21)14-8-6-13(7-9-14)12-4-2-1-3-5-12/h1-9,15-16,19-20H,10-11H2. The molecule has 4 nitrogen and oxygen atoms in total. The number of likely N-dealkylation sites (tertiary alicyclic amines) is 1. The van der Waals surface area contributed by atoms with Crippen molar-refractivity contribution in [1.82, 2.24) is 4.90 Å². The first-order valence-corrected chi connectivity index (χ1v) is 6.96. The average Bonchev–Trinajstić information content (AvgIpc) is 2.87. The summed E-state index contributed by atoms with van der Waals surface area (Å²) in [5, 5.41) is 19.0. The van der Waals surface area contributed by atoms with E-state index in [4.69, 9.17) is 0 Å². The van der Waals surface area contributed by atoms with Crippen LogP contribution in [0.3, 0.4) is 0 Å². The molecule has 1 fully saturated rings. The van der Waals surface area contributed by atoms with E-state index < -0.39 is 12.2 Å². The molecule has 0 aliphatic carbocycles. The summed E-state index contributed by atoms with van der Waals surface area (Å²) in [4.78, 5) is 13.8. The van der Waals surface area contributed by atoms with E-state index >= 15 is 0 Å². The Kier molecular flexibility index (Phi) is 3.73. The van der Waals surface area contributed by atoms with Crippen molar-refractivity contribution in [3.8, 4) is 11.1 Å². The highest BCUT2D eigenvalue weighted by Gasteiger charge is 2.32. The summed E-state index contributed by atoms with van der Waals surface area (Å²) in [7, 11) is 0. The maximum Gasteiger partial charge on any atom is 0.254 e. The monoisotopic (exact) mass is 283 g/mol. The molecule has 2 atom stereocenters. The van der Waals surface area contributed by atoms with Crippen LogP contribution in [-0.4, -0.2) is 46.3 Å². The number of amides is 1. The van der Waals surface area contributed by atoms with Gasteiger partial charge in [0.1, 0.15) is 0 Å². The molecule has 1 aliphatic heterocycles. The third-order valence-corrected chi connectivity index (χ3v) is 3.79. The number of aliphatic hydroxyl groups is 2. The number of carbonyl (C=O) groups excluding carboxylic acids is 1. The molecule has 0 bridgehead atoms. The van der Waals surface area contributed by atoms with Gasteiger partial charge in [-0.3, -0.25) is 4.79 Å². The zero-order valence-electron chi connectivity index (χ0n) is 11.5. The van der Waals surface area contributed by atoms with Gasteiger partial charge in [0.2, 0.25) is 0 Å². The van der Waals surface area contributed by atoms with E-state index in [0.717, 1.165) is 11.1 Å². The summed E-state index contributed by atoms with van der Waals surface area (Å²) < 4.78 is 0. The quantitative estimate of drug-likeness (QED) is 0.878. The van der Waals surface area contributed by atoms with Crippen LogP contribution in [0.25, 0.3) is 11.1 Å². The molecule has 2 aromatic rings. The van der Waals surface area contributed by atoms with Gasteiger partial charge in [-0.05, 0) is 23.3 Å². The molecule has 0 radical (unpaired) electrons. The maximum absolute atomic E-state index is 12.3. The van der Waals surface area contributed by atoms with E-state index in [1.807, 2.05) is 42.5 Å². The van der Waals surface area contributed by atoms with E-state index in [0.29, 0.717) is 5.56 Å². The van der Waals surface area contributed by atoms with Crippen LogP contribution in [0.1, 0.15) is 10.4 Å². The van der Waals surface area contributed by atoms with Crippen molar-refractivity contribution in [2.75, 3.05) is 13.1 Å². The minimum Gasteiger partial charge on any atom is -0.388 e. The molecule has 2 aromatic carbocycles. The topological polar surface area (TPSA) is 60.8 Å². The number of rotatable bonds is 2. The SMILES string of the molecule is O=C(c1ccc(-c2ccccc2)cc1)N1CC(O)C(O)C1. The van der Waals surface area contributed by atoms with Gasteiger partial charge in [0.05, 0.1) is 12.2 Å². The van der Waals surface area contributed by atoms with Crippen molar-refractivity contribution in [3.05, 3.63) is 60.2 Å². The summed E-state index contributed by atoms with van der Waals surface area (Å²) in [6.07, 6.45) is -1.70. The van der Waals surface area contributed by atoms with Crippen molar-refractivity contribution in [1.29, 1.82) is 0 Å². The van der Waals surface area contributed by atoms with Crippen LogP contribution in [0.2, 0.25) is 0 Å². The molecule has 3 rings (SSSR count). The molecule has 1 aliphatic rings. The van der Waals surface area contributed by atoms with Crippen LogP contribution < -0.4 is 0 Å². The Balaban J connectivity index is 1.77. The Morgan fingerprint density at radius 1 is 0.857 bits per heavy atom. The Morgan fingerprint density at radius 3 is 1.95 bits per heavy atom. The van der Waals surface area contributed by atoms with E-state index in [2.05, 4.69) is 0 Å². The van der Waals surface area contributed by atoms with Crippen molar-refractivity contribution >= 4 is 5.91 Å². The van der Waals surface area contributed by atoms with Crippen molar-refractivity contribution in [3.63, 3.8) is 0 Å². The average molecular weight is 283 g/mol. The number of carbonyl (C=O) groups is 1. The zero-order chi connectivity index (χ0) is 14.8. The fourth-order valence-electron chi connectivity index (χ4n) is 2.55. The molecule has 1 saturated heterocycles. The van der Waals surface area contributed by atoms with Crippen molar-refractivity contribution in [2.45, 2.75) is 12.2 Å². The van der Waals surface area contributed by atoms with Gasteiger partial charge in [-0.25, -0.2) is 0 Å². The number of benzene rings is 2. The molecule has 4 heteroatoms. The van der Waals surface area contributed by atoms with Crippen molar-refractivity contribution in [2.24, 2.45) is 0 Å². The van der Waals surface area contributed by atoms with Gasteiger partial charge in [-0.2, -0.15) is 0 Å². The van der Waals surface area contributed by atoms with Crippen LogP contribution >= 0.6 is 0 Å². The highest BCUT2D eigenvalue weighted by atomic mass is 16.3. The third kappa shape index (κ3) is 2.82. The first-order chi connectivity index (χ1) is 10.1. The molecule has 0 spiro atoms. The lowest BCUT2D eigenvalue weighted by atomic mass is 10.0. The van der Waals surface area contributed by atoms with Crippen LogP contribution in [0.4, 0.5) is 0 Å². The molecule has 21 heavy (non-hydrogen) atoms. The molecule has 0 aromatic heterocycles. The number of hydrogen-bond acceptors (Lipinski definition) is 3. The lowest BCUT2D eigenvalue weighted by Gasteiger charge is -2.15. The smallest absolute Gasteiger partial charge is 0.254 e. The van der Waals surface area contributed by atoms with Crippen LogP contribution in [-0.2, 0) is 0 Å². The fraction of sp³-hybridized carbons (Fsp3) is 0.235. The Labute approximate surface area is 123 Å². The third-order valence-electron chi connectivity index (χ3n) is 3.79. The molecule has 0 saturated carbocycles. The molecular weight excluding hydrogens is 266 g/mol. The normalized spacial score (nSPS) is 21.5. The first-order valence-electron chi connectivity index (χ1n) is 6.96. The van der Waals surface area contributed by atoms with Crippen LogP contribution in [0.15, 0.2) is 54.6 Å². The molecular formula is C17H17NO3. The molecule has 1 heterocycles. The molecule has 2 unspecified atom stereocenters. The minimum atomic E-state index is -0.849. The van der Waals surface area contributed by atoms with Gasteiger partial charge in [0, 0.05) is 18.7 Å². The summed E-state index contributed by atoms with van der Waals surface area (Å²) in [5.74, 6) is -0.162. The van der Waals surface area contributed by atoms with Gasteiger partial charge >= 0.3 is 0 Å². The maximum atomic E-state index is 12.3. The zero-order valence-corrected chi connectivity index (χ0v) is 11.5. The van der Waals surface area contributed by atoms with E-state index in [9.17, 15) is 15.0 Å². The summed E-state index contributed by atoms with van der Waals surface area (Å²) in [6, 6.07) is 17.3. The predicted octanol–water partition coefficient (Wildman–Crippen LogP) is 1.53. The second-order valence-electron chi connectivity index (χ2n) is 5.29. The molecule has 2 N–H and O–H groups in total. The fourth-order valence-corrected chi connectivity index (χ4v) is 2.55. The number of β-amino-alcohol motifs (C(OH)–C–C–N with tert-alkyl or cyclic N) is 2. The van der Waals surface area contributed by atoms with E-state index in [-0.39, 0.29) is 19.0 Å². The first kappa shape index (κ1) is 13.8. The lowest BCUT2D eigenvalue weighted by molar-refractivity contribution is 0.0572. The molecule has 108 valence electrons. The summed E-state index contributed by atoms with van der Waals surface area (Å²) in [5.41, 5.74) is 2.72. The largest absolute Gasteiger partial charge is 0.388 e. The van der Waals surface area contributed by atoms with Gasteiger partial charge < -0.3 is 15.1 Å². The second kappa shape index (κ2) is 5.68. The number of hydrogen-bond donors (Lipinski definition) is 2. The predicted molar refractivity (Wildman–Crippen MR) is 79.8 cm³/mol. The van der Waals surface area contributed by atoms with Crippen molar-refractivity contribution < 1.29 is 15.0 Å². The Bertz CT molecular complexity index is 614. The van der Waals surface area contributed by atoms with Gasteiger partial charge in [-0.15, -0.1) is 0 Å². The van der Waals surface area contributed by atoms with Gasteiger partial charge in [0.25, 0.3) is 5.91 Å². The Morgan fingerprint density at radius 2 is 1.38 bits per heavy atom. The highest BCUT2D eigenvalue weighted by Crippen LogP contribution is 2.21. The summed E-state index contributed by atoms with van der Waals surface area (Å²) >= 11 is 0. The second-order valence-corrected chi connectivity index (χ2v) is 5.29.